The predicted octanol–water partition coefficient (Wildman–Crippen LogP) is -0.860. The van der Waals surface area contributed by atoms with Gasteiger partial charge in [-0.15, -0.1) is 0 Å². The predicted molar refractivity (Wildman–Crippen MR) is 45.7 cm³/mol. The Morgan fingerprint density at radius 2 is 2.08 bits per heavy atom. The SMILES string of the molecule is CC(=O)N1CC(O)C(N(C)C)C1. The molecule has 1 heterocycles. The molecule has 1 aliphatic heterocycles. The van der Waals surface area contributed by atoms with Gasteiger partial charge in [-0.3, -0.25) is 4.79 Å². The van der Waals surface area contributed by atoms with Crippen LogP contribution in [0, 0.1) is 0 Å². The van der Waals surface area contributed by atoms with E-state index in [1.165, 1.54) is 6.92 Å². The molecule has 1 amide bonds. The second-order valence-electron chi connectivity index (χ2n) is 3.52. The topological polar surface area (TPSA) is 43.8 Å². The summed E-state index contributed by atoms with van der Waals surface area (Å²) >= 11 is 0. The Balaban J connectivity index is 2.56. The lowest BCUT2D eigenvalue weighted by Crippen LogP contribution is -2.38. The number of hydrogen-bond donors (Lipinski definition) is 1. The molecule has 1 fully saturated rings. The summed E-state index contributed by atoms with van der Waals surface area (Å²) < 4.78 is 0. The van der Waals surface area contributed by atoms with Crippen molar-refractivity contribution in [1.82, 2.24) is 9.80 Å². The molecule has 1 rings (SSSR count). The van der Waals surface area contributed by atoms with Crippen molar-refractivity contribution in [1.29, 1.82) is 0 Å². The van der Waals surface area contributed by atoms with E-state index in [9.17, 15) is 9.90 Å². The molecular formula is C8H16N2O2. The second-order valence-corrected chi connectivity index (χ2v) is 3.52. The largest absolute Gasteiger partial charge is 0.390 e. The van der Waals surface area contributed by atoms with Gasteiger partial charge in [-0.25, -0.2) is 0 Å². The van der Waals surface area contributed by atoms with Gasteiger partial charge in [0.25, 0.3) is 0 Å². The minimum absolute atomic E-state index is 0.0402. The Hall–Kier alpha value is -0.610. The molecule has 0 aliphatic carbocycles. The lowest BCUT2D eigenvalue weighted by atomic mass is 10.2. The Bertz CT molecular complexity index is 182. The number of likely N-dealkylation sites (tertiary alicyclic amines) is 1. The highest BCUT2D eigenvalue weighted by Gasteiger charge is 2.33. The van der Waals surface area contributed by atoms with Crippen LogP contribution in [0.4, 0.5) is 0 Å². The molecule has 0 spiro atoms. The standard InChI is InChI=1S/C8H16N2O2/c1-6(11)10-4-7(9(2)3)8(12)5-10/h7-8,12H,4-5H2,1-3H3. The zero-order valence-corrected chi connectivity index (χ0v) is 7.82. The molecule has 2 unspecified atom stereocenters. The van der Waals surface area contributed by atoms with Crippen molar-refractivity contribution in [3.05, 3.63) is 0 Å². The number of likely N-dealkylation sites (N-methyl/N-ethyl adjacent to an activating group) is 1. The molecule has 4 nitrogen and oxygen atoms in total. The molecule has 0 radical (unpaired) electrons. The Morgan fingerprint density at radius 1 is 1.50 bits per heavy atom. The van der Waals surface area contributed by atoms with E-state index in [1.54, 1.807) is 4.90 Å². The molecule has 1 N–H and O–H groups in total. The number of carbonyl (C=O) groups is 1. The van der Waals surface area contributed by atoms with Crippen molar-refractivity contribution in [3.63, 3.8) is 0 Å². The molecule has 4 heteroatoms. The summed E-state index contributed by atoms with van der Waals surface area (Å²) in [5.41, 5.74) is 0. The number of hydrogen-bond acceptors (Lipinski definition) is 3. The first kappa shape index (κ1) is 9.48. The number of aliphatic hydroxyl groups is 1. The van der Waals surface area contributed by atoms with Crippen molar-refractivity contribution >= 4 is 5.91 Å². The molecule has 0 aromatic heterocycles. The van der Waals surface area contributed by atoms with Gasteiger partial charge in [0.15, 0.2) is 0 Å². The van der Waals surface area contributed by atoms with Gasteiger partial charge in [0, 0.05) is 20.0 Å². The Labute approximate surface area is 72.8 Å². The van der Waals surface area contributed by atoms with Crippen molar-refractivity contribution in [2.24, 2.45) is 0 Å². The number of nitrogens with zero attached hydrogens (tertiary/aromatic N) is 2. The summed E-state index contributed by atoms with van der Waals surface area (Å²) in [5, 5.41) is 9.54. The van der Waals surface area contributed by atoms with Crippen LogP contribution in [-0.4, -0.2) is 60.1 Å². The maximum absolute atomic E-state index is 11.0. The molecule has 0 saturated carbocycles. The van der Waals surface area contributed by atoms with Crippen LogP contribution in [0.3, 0.4) is 0 Å². The van der Waals surface area contributed by atoms with E-state index in [-0.39, 0.29) is 11.9 Å². The average Bonchev–Trinajstić information content (AvgIpc) is 2.30. The molecule has 1 saturated heterocycles. The van der Waals surface area contributed by atoms with Crippen LogP contribution in [0.2, 0.25) is 0 Å². The molecule has 0 bridgehead atoms. The van der Waals surface area contributed by atoms with Crippen molar-refractivity contribution < 1.29 is 9.90 Å². The van der Waals surface area contributed by atoms with E-state index < -0.39 is 6.10 Å². The van der Waals surface area contributed by atoms with Gasteiger partial charge in [0.1, 0.15) is 0 Å². The van der Waals surface area contributed by atoms with Crippen LogP contribution in [0.25, 0.3) is 0 Å². The van der Waals surface area contributed by atoms with E-state index >= 15 is 0 Å². The van der Waals surface area contributed by atoms with Gasteiger partial charge < -0.3 is 14.9 Å². The number of rotatable bonds is 1. The zero-order chi connectivity index (χ0) is 9.30. The second kappa shape index (κ2) is 3.41. The average molecular weight is 172 g/mol. The fourth-order valence-corrected chi connectivity index (χ4v) is 1.53. The number of carbonyl (C=O) groups excluding carboxylic acids is 1. The first-order chi connectivity index (χ1) is 5.52. The van der Waals surface area contributed by atoms with E-state index in [0.29, 0.717) is 13.1 Å². The normalized spacial score (nSPS) is 29.9. The fourth-order valence-electron chi connectivity index (χ4n) is 1.53. The quantitative estimate of drug-likeness (QED) is 0.559. The molecular weight excluding hydrogens is 156 g/mol. The molecule has 12 heavy (non-hydrogen) atoms. The minimum atomic E-state index is -0.399. The minimum Gasteiger partial charge on any atom is -0.390 e. The molecule has 70 valence electrons. The molecule has 0 aromatic rings. The summed E-state index contributed by atoms with van der Waals surface area (Å²) in [4.78, 5) is 14.6. The van der Waals surface area contributed by atoms with Crippen molar-refractivity contribution in [2.45, 2.75) is 19.1 Å². The highest BCUT2D eigenvalue weighted by atomic mass is 16.3. The summed E-state index contributed by atoms with van der Waals surface area (Å²) in [5.74, 6) is 0.0402. The molecule has 2 atom stereocenters. The third kappa shape index (κ3) is 1.76. The molecule has 0 aromatic carbocycles. The van der Waals surface area contributed by atoms with Gasteiger partial charge in [0.05, 0.1) is 12.1 Å². The first-order valence-corrected chi connectivity index (χ1v) is 4.12. The highest BCUT2D eigenvalue weighted by molar-refractivity contribution is 5.73. The maximum Gasteiger partial charge on any atom is 0.219 e. The lowest BCUT2D eigenvalue weighted by molar-refractivity contribution is -0.128. The smallest absolute Gasteiger partial charge is 0.219 e. The van der Waals surface area contributed by atoms with Gasteiger partial charge in [0.2, 0.25) is 5.91 Å². The van der Waals surface area contributed by atoms with Crippen LogP contribution in [0.5, 0.6) is 0 Å². The monoisotopic (exact) mass is 172 g/mol. The molecule has 1 aliphatic rings. The van der Waals surface area contributed by atoms with E-state index in [0.717, 1.165) is 0 Å². The van der Waals surface area contributed by atoms with Gasteiger partial charge in [-0.2, -0.15) is 0 Å². The first-order valence-electron chi connectivity index (χ1n) is 4.12. The fraction of sp³-hybridized carbons (Fsp3) is 0.875. The number of β-amino-alcohol motifs (C(OH)–C–C–N with tert-alkyl or cyclic N) is 1. The van der Waals surface area contributed by atoms with Crippen LogP contribution in [0.15, 0.2) is 0 Å². The van der Waals surface area contributed by atoms with Gasteiger partial charge in [-0.05, 0) is 14.1 Å². The maximum atomic E-state index is 11.0. The van der Waals surface area contributed by atoms with Crippen LogP contribution < -0.4 is 0 Å². The van der Waals surface area contributed by atoms with Gasteiger partial charge in [-0.1, -0.05) is 0 Å². The van der Waals surface area contributed by atoms with Gasteiger partial charge >= 0.3 is 0 Å². The Morgan fingerprint density at radius 3 is 2.33 bits per heavy atom. The summed E-state index contributed by atoms with van der Waals surface area (Å²) in [7, 11) is 3.83. The Kier molecular flexibility index (Phi) is 2.69. The van der Waals surface area contributed by atoms with E-state index in [1.807, 2.05) is 19.0 Å². The highest BCUT2D eigenvalue weighted by Crippen LogP contribution is 2.13. The lowest BCUT2D eigenvalue weighted by Gasteiger charge is -2.21. The van der Waals surface area contributed by atoms with Crippen LogP contribution >= 0.6 is 0 Å². The van der Waals surface area contributed by atoms with Crippen molar-refractivity contribution in [2.75, 3.05) is 27.2 Å². The summed E-state index contributed by atoms with van der Waals surface area (Å²) in [6.07, 6.45) is -0.399. The number of amides is 1. The summed E-state index contributed by atoms with van der Waals surface area (Å²) in [6, 6.07) is 0.0916. The van der Waals surface area contributed by atoms with Crippen LogP contribution in [-0.2, 0) is 4.79 Å². The number of aliphatic hydroxyl groups excluding tert-OH is 1. The van der Waals surface area contributed by atoms with Crippen LogP contribution in [0.1, 0.15) is 6.92 Å². The third-order valence-electron chi connectivity index (χ3n) is 2.37. The summed E-state index contributed by atoms with van der Waals surface area (Å²) in [6.45, 7) is 2.65. The van der Waals surface area contributed by atoms with E-state index in [4.69, 9.17) is 0 Å². The van der Waals surface area contributed by atoms with E-state index in [2.05, 4.69) is 0 Å². The third-order valence-corrected chi connectivity index (χ3v) is 2.37. The van der Waals surface area contributed by atoms with Crippen molar-refractivity contribution in [3.8, 4) is 0 Å². The zero-order valence-electron chi connectivity index (χ0n) is 7.82.